The number of hydrogen-bond acceptors (Lipinski definition) is 2. The molecule has 0 radical (unpaired) electrons. The maximum Gasteiger partial charge on any atom is 0.0132 e. The average Bonchev–Trinajstić information content (AvgIpc) is 2.45. The smallest absolute Gasteiger partial charge is 0.0132 e. The Balaban J connectivity index is 2.51. The second-order valence-electron chi connectivity index (χ2n) is 7.30. The summed E-state index contributed by atoms with van der Waals surface area (Å²) in [7, 11) is 0. The average molecular weight is 226 g/mol. The van der Waals surface area contributed by atoms with Gasteiger partial charge in [-0.3, -0.25) is 0 Å². The first-order valence-electron chi connectivity index (χ1n) is 6.71. The lowest BCUT2D eigenvalue weighted by atomic mass is 9.81. The number of hydrogen-bond donors (Lipinski definition) is 2. The molecule has 0 heterocycles. The van der Waals surface area contributed by atoms with Crippen LogP contribution in [0.1, 0.15) is 60.3 Å². The summed E-state index contributed by atoms with van der Waals surface area (Å²) < 4.78 is 0. The molecule has 1 aliphatic rings. The van der Waals surface area contributed by atoms with Crippen molar-refractivity contribution >= 4 is 0 Å². The second kappa shape index (κ2) is 5.05. The first-order chi connectivity index (χ1) is 7.23. The van der Waals surface area contributed by atoms with Crippen LogP contribution in [0.15, 0.2) is 0 Å². The Kier molecular flexibility index (Phi) is 4.42. The summed E-state index contributed by atoms with van der Waals surface area (Å²) in [6.07, 6.45) is 5.15. The van der Waals surface area contributed by atoms with Crippen molar-refractivity contribution in [3.05, 3.63) is 0 Å². The van der Waals surface area contributed by atoms with Crippen molar-refractivity contribution in [2.45, 2.75) is 71.9 Å². The Morgan fingerprint density at radius 2 is 1.75 bits per heavy atom. The van der Waals surface area contributed by atoms with Gasteiger partial charge in [0.05, 0.1) is 0 Å². The third kappa shape index (κ3) is 4.42. The van der Waals surface area contributed by atoms with Gasteiger partial charge >= 0.3 is 0 Å². The van der Waals surface area contributed by atoms with E-state index in [0.29, 0.717) is 17.4 Å². The van der Waals surface area contributed by atoms with Crippen LogP contribution in [0.3, 0.4) is 0 Å². The fraction of sp³-hybridized carbons (Fsp3) is 1.00. The maximum atomic E-state index is 5.83. The van der Waals surface area contributed by atoms with Crippen LogP contribution >= 0.6 is 0 Å². The third-order valence-electron chi connectivity index (χ3n) is 3.51. The topological polar surface area (TPSA) is 38.0 Å². The Bertz CT molecular complexity index is 215. The molecule has 0 aromatic rings. The standard InChI is InChI=1S/C14H30N2/c1-13(2,3)10-14(4,5)16-12-8-6-7-11(12)9-15/h11-12,16H,6-10,15H2,1-5H3. The molecule has 1 rings (SSSR count). The Morgan fingerprint density at radius 1 is 1.12 bits per heavy atom. The molecule has 0 aromatic carbocycles. The zero-order valence-electron chi connectivity index (χ0n) is 11.8. The highest BCUT2D eigenvalue weighted by molar-refractivity contribution is 4.91. The highest BCUT2D eigenvalue weighted by Crippen LogP contribution is 2.31. The van der Waals surface area contributed by atoms with Crippen LogP contribution in [-0.2, 0) is 0 Å². The second-order valence-corrected chi connectivity index (χ2v) is 7.30. The van der Waals surface area contributed by atoms with Crippen molar-refractivity contribution in [1.82, 2.24) is 5.32 Å². The van der Waals surface area contributed by atoms with Gasteiger partial charge < -0.3 is 11.1 Å². The molecule has 3 N–H and O–H groups in total. The molecule has 0 aliphatic heterocycles. The summed E-state index contributed by atoms with van der Waals surface area (Å²) in [4.78, 5) is 0. The SMILES string of the molecule is CC(C)(C)CC(C)(C)NC1CCCC1CN. The zero-order valence-corrected chi connectivity index (χ0v) is 11.8. The molecule has 0 amide bonds. The number of nitrogens with two attached hydrogens (primary N) is 1. The van der Waals surface area contributed by atoms with Gasteiger partial charge in [-0.15, -0.1) is 0 Å². The van der Waals surface area contributed by atoms with Gasteiger partial charge in [0.15, 0.2) is 0 Å². The summed E-state index contributed by atoms with van der Waals surface area (Å²) in [5, 5.41) is 3.83. The quantitative estimate of drug-likeness (QED) is 0.773. The molecule has 1 fully saturated rings. The van der Waals surface area contributed by atoms with Gasteiger partial charge in [0.2, 0.25) is 0 Å². The lowest BCUT2D eigenvalue weighted by Crippen LogP contribution is -2.50. The molecule has 2 nitrogen and oxygen atoms in total. The van der Waals surface area contributed by atoms with E-state index in [9.17, 15) is 0 Å². The lowest BCUT2D eigenvalue weighted by molar-refractivity contribution is 0.208. The highest BCUT2D eigenvalue weighted by Gasteiger charge is 2.32. The van der Waals surface area contributed by atoms with E-state index >= 15 is 0 Å². The maximum absolute atomic E-state index is 5.83. The first-order valence-corrected chi connectivity index (χ1v) is 6.71. The van der Waals surface area contributed by atoms with Gasteiger partial charge in [-0.25, -0.2) is 0 Å². The Hall–Kier alpha value is -0.0800. The molecule has 0 saturated heterocycles. The van der Waals surface area contributed by atoms with E-state index in [4.69, 9.17) is 5.73 Å². The van der Waals surface area contributed by atoms with Crippen LogP contribution in [0.2, 0.25) is 0 Å². The minimum absolute atomic E-state index is 0.223. The van der Waals surface area contributed by atoms with E-state index in [1.54, 1.807) is 0 Å². The van der Waals surface area contributed by atoms with Gasteiger partial charge in [0, 0.05) is 11.6 Å². The van der Waals surface area contributed by atoms with E-state index in [2.05, 4.69) is 39.9 Å². The van der Waals surface area contributed by atoms with Crippen LogP contribution in [0.25, 0.3) is 0 Å². The van der Waals surface area contributed by atoms with Crippen molar-refractivity contribution in [3.63, 3.8) is 0 Å². The Labute approximate surface area is 101 Å². The van der Waals surface area contributed by atoms with E-state index in [0.717, 1.165) is 6.54 Å². The molecule has 0 aromatic heterocycles. The summed E-state index contributed by atoms with van der Waals surface area (Å²) in [6.45, 7) is 12.4. The van der Waals surface area contributed by atoms with Crippen molar-refractivity contribution in [3.8, 4) is 0 Å². The zero-order chi connectivity index (χ0) is 12.4. The minimum atomic E-state index is 0.223. The molecular weight excluding hydrogens is 196 g/mol. The predicted molar refractivity (Wildman–Crippen MR) is 71.5 cm³/mol. The largest absolute Gasteiger partial charge is 0.330 e. The predicted octanol–water partition coefficient (Wildman–Crippen LogP) is 2.92. The van der Waals surface area contributed by atoms with Crippen LogP contribution in [0.5, 0.6) is 0 Å². The fourth-order valence-electron chi connectivity index (χ4n) is 3.39. The van der Waals surface area contributed by atoms with E-state index in [1.807, 2.05) is 0 Å². The molecular formula is C14H30N2. The fourth-order valence-corrected chi connectivity index (χ4v) is 3.39. The molecule has 2 atom stereocenters. The molecule has 16 heavy (non-hydrogen) atoms. The number of nitrogens with one attached hydrogen (secondary N) is 1. The van der Waals surface area contributed by atoms with Crippen molar-refractivity contribution < 1.29 is 0 Å². The summed E-state index contributed by atoms with van der Waals surface area (Å²) in [5.41, 5.74) is 6.44. The number of rotatable bonds is 4. The molecule has 1 aliphatic carbocycles. The summed E-state index contributed by atoms with van der Waals surface area (Å²) in [5.74, 6) is 0.694. The van der Waals surface area contributed by atoms with Gasteiger partial charge in [0.1, 0.15) is 0 Å². The molecule has 1 saturated carbocycles. The normalized spacial score (nSPS) is 27.4. The minimum Gasteiger partial charge on any atom is -0.330 e. The molecule has 0 bridgehead atoms. The van der Waals surface area contributed by atoms with Crippen LogP contribution in [-0.4, -0.2) is 18.1 Å². The van der Waals surface area contributed by atoms with Crippen LogP contribution in [0, 0.1) is 11.3 Å². The van der Waals surface area contributed by atoms with Gasteiger partial charge in [-0.2, -0.15) is 0 Å². The van der Waals surface area contributed by atoms with E-state index < -0.39 is 0 Å². The summed E-state index contributed by atoms with van der Waals surface area (Å²) in [6, 6.07) is 0.641. The Morgan fingerprint density at radius 3 is 2.25 bits per heavy atom. The van der Waals surface area contributed by atoms with Crippen molar-refractivity contribution in [1.29, 1.82) is 0 Å². The van der Waals surface area contributed by atoms with E-state index in [-0.39, 0.29) is 5.54 Å². The molecule has 2 heteroatoms. The molecule has 96 valence electrons. The van der Waals surface area contributed by atoms with Crippen molar-refractivity contribution in [2.75, 3.05) is 6.54 Å². The first kappa shape index (κ1) is 14.0. The summed E-state index contributed by atoms with van der Waals surface area (Å²) >= 11 is 0. The van der Waals surface area contributed by atoms with E-state index in [1.165, 1.54) is 25.7 Å². The van der Waals surface area contributed by atoms with Crippen LogP contribution < -0.4 is 11.1 Å². The van der Waals surface area contributed by atoms with Crippen LogP contribution in [0.4, 0.5) is 0 Å². The van der Waals surface area contributed by atoms with Gasteiger partial charge in [0.25, 0.3) is 0 Å². The monoisotopic (exact) mass is 226 g/mol. The lowest BCUT2D eigenvalue weighted by Gasteiger charge is -2.37. The highest BCUT2D eigenvalue weighted by atomic mass is 15.0. The molecule has 0 spiro atoms. The third-order valence-corrected chi connectivity index (χ3v) is 3.51. The van der Waals surface area contributed by atoms with Gasteiger partial charge in [-0.1, -0.05) is 27.2 Å². The van der Waals surface area contributed by atoms with Crippen molar-refractivity contribution in [2.24, 2.45) is 17.1 Å². The molecule has 2 unspecified atom stereocenters. The van der Waals surface area contributed by atoms with Gasteiger partial charge in [-0.05, 0) is 51.0 Å².